The molecule has 0 N–H and O–H groups in total. The van der Waals surface area contributed by atoms with Gasteiger partial charge in [0, 0.05) is 23.3 Å². The van der Waals surface area contributed by atoms with Gasteiger partial charge in [-0.25, -0.2) is 4.42 Å². The number of rotatable bonds is 10. The Morgan fingerprint density at radius 3 is 1.81 bits per heavy atom. The first-order valence-electron chi connectivity index (χ1n) is 12.0. The summed E-state index contributed by atoms with van der Waals surface area (Å²) < 4.78 is 28.4. The van der Waals surface area contributed by atoms with Gasteiger partial charge in [0.1, 0.15) is 23.0 Å². The lowest BCUT2D eigenvalue weighted by atomic mass is 10.0. The van der Waals surface area contributed by atoms with Crippen LogP contribution >= 0.6 is 0 Å². The second kappa shape index (κ2) is 11.9. The molecule has 0 spiro atoms. The molecule has 1 aromatic heterocycles. The molecular formula is C31H31O5+. The molecule has 0 bridgehead atoms. The Balaban J connectivity index is 1.74. The summed E-state index contributed by atoms with van der Waals surface area (Å²) in [5, 5.41) is 0. The number of hydrogen-bond donors (Lipinski definition) is 0. The topological polar surface area (TPSA) is 48.2 Å². The molecule has 1 heterocycles. The fourth-order valence-electron chi connectivity index (χ4n) is 3.83. The van der Waals surface area contributed by atoms with Crippen molar-refractivity contribution in [3.63, 3.8) is 0 Å². The Bertz CT molecular complexity index is 1240. The highest BCUT2D eigenvalue weighted by molar-refractivity contribution is 5.76. The Kier molecular flexibility index (Phi) is 8.24. The molecular weight excluding hydrogens is 452 g/mol. The van der Waals surface area contributed by atoms with Crippen molar-refractivity contribution in [2.24, 2.45) is 0 Å². The van der Waals surface area contributed by atoms with Gasteiger partial charge in [-0.3, -0.25) is 0 Å². The van der Waals surface area contributed by atoms with Gasteiger partial charge in [-0.2, -0.15) is 0 Å². The Morgan fingerprint density at radius 1 is 0.611 bits per heavy atom. The fourth-order valence-corrected chi connectivity index (χ4v) is 3.83. The minimum Gasteiger partial charge on any atom is -0.497 e. The Labute approximate surface area is 212 Å². The smallest absolute Gasteiger partial charge is 0.361 e. The van der Waals surface area contributed by atoms with E-state index in [-0.39, 0.29) is 0 Å². The third-order valence-electron chi connectivity index (χ3n) is 5.63. The van der Waals surface area contributed by atoms with Crippen molar-refractivity contribution in [2.75, 3.05) is 27.4 Å². The van der Waals surface area contributed by atoms with Gasteiger partial charge in [-0.15, -0.1) is 0 Å². The molecule has 3 aromatic carbocycles. The molecule has 0 aliphatic rings. The lowest BCUT2D eigenvalue weighted by Crippen LogP contribution is -1.92. The van der Waals surface area contributed by atoms with Crippen LogP contribution in [0, 0.1) is 0 Å². The zero-order valence-electron chi connectivity index (χ0n) is 21.1. The summed E-state index contributed by atoms with van der Waals surface area (Å²) in [5.74, 6) is 4.61. The van der Waals surface area contributed by atoms with Crippen molar-refractivity contribution in [1.82, 2.24) is 0 Å². The second-order valence-electron chi connectivity index (χ2n) is 7.97. The number of hydrogen-bond acceptors (Lipinski definition) is 4. The molecule has 4 aromatic rings. The third kappa shape index (κ3) is 6.05. The average Bonchev–Trinajstić information content (AvgIpc) is 2.93. The van der Waals surface area contributed by atoms with Gasteiger partial charge in [0.2, 0.25) is 0 Å². The van der Waals surface area contributed by atoms with Gasteiger partial charge < -0.3 is 18.9 Å². The largest absolute Gasteiger partial charge is 0.497 e. The van der Waals surface area contributed by atoms with Crippen LogP contribution in [-0.2, 0) is 0 Å². The van der Waals surface area contributed by atoms with E-state index in [1.54, 1.807) is 14.2 Å². The van der Waals surface area contributed by atoms with Crippen molar-refractivity contribution in [3.05, 3.63) is 90.2 Å². The van der Waals surface area contributed by atoms with Crippen molar-refractivity contribution < 1.29 is 23.4 Å². The van der Waals surface area contributed by atoms with Crippen LogP contribution in [0.1, 0.15) is 25.2 Å². The van der Waals surface area contributed by atoms with Crippen LogP contribution < -0.4 is 18.9 Å². The lowest BCUT2D eigenvalue weighted by Gasteiger charge is -2.07. The van der Waals surface area contributed by atoms with E-state index in [4.69, 9.17) is 23.4 Å². The normalized spacial score (nSPS) is 10.9. The minimum absolute atomic E-state index is 0.626. The molecule has 0 unspecified atom stereocenters. The fraction of sp³-hybridized carbons (Fsp3) is 0.194. The number of benzene rings is 3. The zero-order valence-corrected chi connectivity index (χ0v) is 21.1. The highest BCUT2D eigenvalue weighted by Gasteiger charge is 2.18. The monoisotopic (exact) mass is 483 g/mol. The van der Waals surface area contributed by atoms with E-state index in [1.807, 2.05) is 86.7 Å². The van der Waals surface area contributed by atoms with Gasteiger partial charge in [-0.05, 0) is 74.0 Å². The van der Waals surface area contributed by atoms with Crippen LogP contribution in [0.3, 0.4) is 0 Å². The maximum absolute atomic E-state index is 6.31. The molecule has 184 valence electrons. The predicted molar refractivity (Wildman–Crippen MR) is 145 cm³/mol. The van der Waals surface area contributed by atoms with E-state index in [9.17, 15) is 0 Å². The van der Waals surface area contributed by atoms with Crippen LogP contribution in [0.15, 0.2) is 83.3 Å². The van der Waals surface area contributed by atoms with E-state index >= 15 is 0 Å². The maximum Gasteiger partial charge on any atom is 0.361 e. The lowest BCUT2D eigenvalue weighted by molar-refractivity contribution is 0.340. The van der Waals surface area contributed by atoms with Crippen LogP contribution in [0.25, 0.3) is 34.6 Å². The van der Waals surface area contributed by atoms with Crippen LogP contribution in [0.5, 0.6) is 23.0 Å². The molecule has 4 rings (SSSR count). The highest BCUT2D eigenvalue weighted by Crippen LogP contribution is 2.32. The molecule has 0 aliphatic heterocycles. The molecule has 0 amide bonds. The van der Waals surface area contributed by atoms with E-state index in [0.717, 1.165) is 51.0 Å². The minimum atomic E-state index is 0.626. The molecule has 36 heavy (non-hydrogen) atoms. The van der Waals surface area contributed by atoms with Crippen molar-refractivity contribution in [1.29, 1.82) is 0 Å². The molecule has 0 saturated carbocycles. The van der Waals surface area contributed by atoms with Crippen molar-refractivity contribution in [3.8, 4) is 45.4 Å². The van der Waals surface area contributed by atoms with Crippen molar-refractivity contribution in [2.45, 2.75) is 13.8 Å². The molecule has 0 aliphatic carbocycles. The highest BCUT2D eigenvalue weighted by atomic mass is 16.5. The van der Waals surface area contributed by atoms with E-state index in [2.05, 4.69) is 18.2 Å². The summed E-state index contributed by atoms with van der Waals surface area (Å²) in [6.45, 7) is 5.21. The molecule has 0 fully saturated rings. The summed E-state index contributed by atoms with van der Waals surface area (Å²) in [6, 6.07) is 25.8. The van der Waals surface area contributed by atoms with Crippen molar-refractivity contribution >= 4 is 12.2 Å². The second-order valence-corrected chi connectivity index (χ2v) is 7.97. The molecule has 5 heteroatoms. The van der Waals surface area contributed by atoms with Crippen LogP contribution in [-0.4, -0.2) is 27.4 Å². The van der Waals surface area contributed by atoms with E-state index < -0.39 is 0 Å². The van der Waals surface area contributed by atoms with Gasteiger partial charge in [0.05, 0.1) is 45.1 Å². The third-order valence-corrected chi connectivity index (χ3v) is 5.63. The summed E-state index contributed by atoms with van der Waals surface area (Å²) in [6.07, 6.45) is 3.92. The summed E-state index contributed by atoms with van der Waals surface area (Å²) in [5.41, 5.74) is 3.98. The van der Waals surface area contributed by atoms with Crippen LogP contribution in [0.2, 0.25) is 0 Å². The standard InChI is InChI=1S/C31H31O5/c1-5-34-26-13-7-22(8-14-26)25-19-29(18-12-23-11-17-28(32-3)21-30(23)33-4)36-31(20-25)24-9-15-27(16-10-24)35-6-2/h7-21H,5-6H2,1-4H3/q+1/b18-12+. The first-order chi connectivity index (χ1) is 17.6. The quantitative estimate of drug-likeness (QED) is 0.215. The summed E-state index contributed by atoms with van der Waals surface area (Å²) >= 11 is 0. The molecule has 0 radical (unpaired) electrons. The number of methoxy groups -OCH3 is 2. The first-order valence-corrected chi connectivity index (χ1v) is 12.0. The van der Waals surface area contributed by atoms with E-state index in [1.165, 1.54) is 0 Å². The zero-order chi connectivity index (χ0) is 25.3. The Hall–Kier alpha value is -4.25. The number of ether oxygens (including phenoxy) is 4. The molecule has 0 atom stereocenters. The summed E-state index contributed by atoms with van der Waals surface area (Å²) in [7, 11) is 3.28. The summed E-state index contributed by atoms with van der Waals surface area (Å²) in [4.78, 5) is 0. The predicted octanol–water partition coefficient (Wildman–Crippen LogP) is 7.88. The SMILES string of the molecule is CCOc1ccc(-c2cc(/C=C/c3ccc(OC)cc3OC)[o+]c(-c3ccc(OCC)cc3)c2)cc1. The first kappa shape index (κ1) is 24.9. The van der Waals surface area contributed by atoms with Gasteiger partial charge >= 0.3 is 11.5 Å². The maximum atomic E-state index is 6.31. The van der Waals surface area contributed by atoms with Gasteiger partial charge in [0.15, 0.2) is 0 Å². The van der Waals surface area contributed by atoms with E-state index in [0.29, 0.717) is 19.0 Å². The van der Waals surface area contributed by atoms with Gasteiger partial charge in [0.25, 0.3) is 0 Å². The Morgan fingerprint density at radius 2 is 1.22 bits per heavy atom. The average molecular weight is 484 g/mol. The van der Waals surface area contributed by atoms with Gasteiger partial charge in [-0.1, -0.05) is 12.1 Å². The molecule has 5 nitrogen and oxygen atoms in total. The molecule has 0 saturated heterocycles. The van der Waals surface area contributed by atoms with Crippen LogP contribution in [0.4, 0.5) is 0 Å².